The van der Waals surface area contributed by atoms with Gasteiger partial charge in [-0.1, -0.05) is 26.0 Å². The fourth-order valence-corrected chi connectivity index (χ4v) is 1.50. The highest BCUT2D eigenvalue weighted by molar-refractivity contribution is 5.72. The average Bonchev–Trinajstić information content (AvgIpc) is 2.42. The second-order valence-electron chi connectivity index (χ2n) is 4.17. The van der Waals surface area contributed by atoms with Crippen molar-refractivity contribution >= 4 is 5.97 Å². The maximum absolute atomic E-state index is 11.7. The number of methoxy groups -OCH3 is 1. The van der Waals surface area contributed by atoms with Crippen LogP contribution in [0.15, 0.2) is 24.3 Å². The molecule has 0 aliphatic heterocycles. The van der Waals surface area contributed by atoms with Crippen LogP contribution in [0.2, 0.25) is 0 Å². The molecule has 0 fully saturated rings. The van der Waals surface area contributed by atoms with Gasteiger partial charge in [-0.05, 0) is 24.2 Å². The largest absolute Gasteiger partial charge is 0.497 e. The molecule has 4 heteroatoms. The molecule has 0 amide bonds. The van der Waals surface area contributed by atoms with Crippen LogP contribution in [-0.2, 0) is 16.1 Å². The van der Waals surface area contributed by atoms with Crippen molar-refractivity contribution in [3.8, 4) is 5.75 Å². The first-order valence-electron chi connectivity index (χ1n) is 6.17. The first kappa shape index (κ1) is 14.5. The Morgan fingerprint density at radius 2 is 2.22 bits per heavy atom. The molecule has 1 aromatic rings. The average molecular weight is 251 g/mol. The van der Waals surface area contributed by atoms with Gasteiger partial charge in [-0.3, -0.25) is 4.79 Å². The molecule has 1 aromatic carbocycles. The number of esters is 1. The Morgan fingerprint density at radius 1 is 1.44 bits per heavy atom. The maximum atomic E-state index is 11.7. The van der Waals surface area contributed by atoms with Crippen molar-refractivity contribution < 1.29 is 14.3 Å². The van der Waals surface area contributed by atoms with Gasteiger partial charge in [-0.25, -0.2) is 0 Å². The van der Waals surface area contributed by atoms with Gasteiger partial charge in [0.05, 0.1) is 13.0 Å². The van der Waals surface area contributed by atoms with E-state index in [1.54, 1.807) is 7.11 Å². The number of hydrogen-bond donors (Lipinski definition) is 1. The van der Waals surface area contributed by atoms with Crippen molar-refractivity contribution in [2.24, 2.45) is 5.92 Å². The lowest BCUT2D eigenvalue weighted by Gasteiger charge is -2.12. The Hall–Kier alpha value is -1.55. The van der Waals surface area contributed by atoms with Crippen molar-refractivity contribution in [1.82, 2.24) is 5.32 Å². The minimum absolute atomic E-state index is 0.129. The van der Waals surface area contributed by atoms with E-state index in [2.05, 4.69) is 5.32 Å². The van der Waals surface area contributed by atoms with Gasteiger partial charge in [0.1, 0.15) is 12.4 Å². The van der Waals surface area contributed by atoms with Crippen molar-refractivity contribution in [2.75, 3.05) is 20.2 Å². The Bertz CT molecular complexity index is 379. The van der Waals surface area contributed by atoms with Crippen molar-refractivity contribution in [3.05, 3.63) is 29.8 Å². The highest BCUT2D eigenvalue weighted by Crippen LogP contribution is 2.13. The Morgan fingerprint density at radius 3 is 2.89 bits per heavy atom. The fraction of sp³-hybridized carbons (Fsp3) is 0.500. The van der Waals surface area contributed by atoms with Gasteiger partial charge in [0.25, 0.3) is 0 Å². The Balaban J connectivity index is 2.41. The van der Waals surface area contributed by atoms with Crippen LogP contribution in [0.5, 0.6) is 5.75 Å². The number of hydrogen-bond acceptors (Lipinski definition) is 4. The van der Waals surface area contributed by atoms with Crippen LogP contribution in [0.1, 0.15) is 19.4 Å². The summed E-state index contributed by atoms with van der Waals surface area (Å²) in [5.41, 5.74) is 0.929. The molecular formula is C14H21NO3. The smallest absolute Gasteiger partial charge is 0.310 e. The summed E-state index contributed by atoms with van der Waals surface area (Å²) in [5, 5.41) is 3.12. The quantitative estimate of drug-likeness (QED) is 0.753. The molecule has 1 rings (SSSR count). The molecule has 1 atom stereocenters. The van der Waals surface area contributed by atoms with E-state index in [1.807, 2.05) is 38.1 Å². The molecule has 0 radical (unpaired) electrons. The number of ether oxygens (including phenoxy) is 2. The first-order valence-corrected chi connectivity index (χ1v) is 6.17. The topological polar surface area (TPSA) is 47.6 Å². The summed E-state index contributed by atoms with van der Waals surface area (Å²) >= 11 is 0. The van der Waals surface area contributed by atoms with Crippen molar-refractivity contribution in [3.63, 3.8) is 0 Å². The van der Waals surface area contributed by atoms with E-state index >= 15 is 0 Å². The number of rotatable bonds is 7. The summed E-state index contributed by atoms with van der Waals surface area (Å²) in [5.74, 6) is 0.457. The van der Waals surface area contributed by atoms with E-state index in [-0.39, 0.29) is 18.5 Å². The molecular weight excluding hydrogens is 230 g/mol. The third kappa shape index (κ3) is 4.75. The summed E-state index contributed by atoms with van der Waals surface area (Å²) in [6.45, 7) is 5.65. The van der Waals surface area contributed by atoms with Gasteiger partial charge >= 0.3 is 5.97 Å². The van der Waals surface area contributed by atoms with Crippen molar-refractivity contribution in [2.45, 2.75) is 20.5 Å². The molecule has 0 aliphatic carbocycles. The van der Waals surface area contributed by atoms with E-state index in [9.17, 15) is 4.79 Å². The highest BCUT2D eigenvalue weighted by atomic mass is 16.5. The first-order chi connectivity index (χ1) is 8.67. The van der Waals surface area contributed by atoms with Crippen LogP contribution in [0.4, 0.5) is 0 Å². The lowest BCUT2D eigenvalue weighted by molar-refractivity contribution is -0.149. The van der Waals surface area contributed by atoms with Crippen LogP contribution in [0.25, 0.3) is 0 Å². The molecule has 1 unspecified atom stereocenters. The standard InChI is InChI=1S/C14H21NO3/c1-4-15-9-11(2)14(16)18-10-12-6-5-7-13(8-12)17-3/h5-8,11,15H,4,9-10H2,1-3H3. The van der Waals surface area contributed by atoms with Crippen LogP contribution in [-0.4, -0.2) is 26.2 Å². The molecule has 0 saturated carbocycles. The summed E-state index contributed by atoms with van der Waals surface area (Å²) in [6, 6.07) is 7.51. The fourth-order valence-electron chi connectivity index (χ4n) is 1.50. The summed E-state index contributed by atoms with van der Waals surface area (Å²) in [7, 11) is 1.61. The molecule has 0 aromatic heterocycles. The number of carbonyl (C=O) groups excluding carboxylic acids is 1. The minimum Gasteiger partial charge on any atom is -0.497 e. The zero-order valence-corrected chi connectivity index (χ0v) is 11.2. The molecule has 0 saturated heterocycles. The van der Waals surface area contributed by atoms with E-state index in [0.717, 1.165) is 17.9 Å². The molecule has 18 heavy (non-hydrogen) atoms. The minimum atomic E-state index is -0.182. The summed E-state index contributed by atoms with van der Waals surface area (Å²) in [6.07, 6.45) is 0. The van der Waals surface area contributed by atoms with Gasteiger partial charge in [-0.15, -0.1) is 0 Å². The van der Waals surface area contributed by atoms with Crippen LogP contribution < -0.4 is 10.1 Å². The SMILES string of the molecule is CCNCC(C)C(=O)OCc1cccc(OC)c1. The zero-order chi connectivity index (χ0) is 13.4. The maximum Gasteiger partial charge on any atom is 0.310 e. The number of nitrogens with one attached hydrogen (secondary N) is 1. The normalized spacial score (nSPS) is 11.9. The van der Waals surface area contributed by atoms with Crippen LogP contribution in [0.3, 0.4) is 0 Å². The lowest BCUT2D eigenvalue weighted by atomic mass is 10.2. The summed E-state index contributed by atoms with van der Waals surface area (Å²) < 4.78 is 10.4. The van der Waals surface area contributed by atoms with Crippen LogP contribution in [0, 0.1) is 5.92 Å². The molecule has 0 heterocycles. The summed E-state index contributed by atoms with van der Waals surface area (Å²) in [4.78, 5) is 11.7. The molecule has 100 valence electrons. The second-order valence-corrected chi connectivity index (χ2v) is 4.17. The monoisotopic (exact) mass is 251 g/mol. The van der Waals surface area contributed by atoms with E-state index < -0.39 is 0 Å². The van der Waals surface area contributed by atoms with E-state index in [0.29, 0.717) is 6.54 Å². The zero-order valence-electron chi connectivity index (χ0n) is 11.2. The van der Waals surface area contributed by atoms with Crippen LogP contribution >= 0.6 is 0 Å². The van der Waals surface area contributed by atoms with Gasteiger partial charge < -0.3 is 14.8 Å². The Kier molecular flexibility index (Phi) is 6.22. The van der Waals surface area contributed by atoms with E-state index in [4.69, 9.17) is 9.47 Å². The lowest BCUT2D eigenvalue weighted by Crippen LogP contribution is -2.27. The van der Waals surface area contributed by atoms with E-state index in [1.165, 1.54) is 0 Å². The highest BCUT2D eigenvalue weighted by Gasteiger charge is 2.13. The predicted molar refractivity (Wildman–Crippen MR) is 70.5 cm³/mol. The molecule has 4 nitrogen and oxygen atoms in total. The van der Waals surface area contributed by atoms with Gasteiger partial charge in [0.2, 0.25) is 0 Å². The Labute approximate surface area is 108 Å². The van der Waals surface area contributed by atoms with Gasteiger partial charge in [0.15, 0.2) is 0 Å². The third-order valence-electron chi connectivity index (χ3n) is 2.62. The van der Waals surface area contributed by atoms with Gasteiger partial charge in [-0.2, -0.15) is 0 Å². The second kappa shape index (κ2) is 7.71. The predicted octanol–water partition coefficient (Wildman–Crippen LogP) is 1.98. The number of carbonyl (C=O) groups is 1. The number of benzene rings is 1. The van der Waals surface area contributed by atoms with Crippen molar-refractivity contribution in [1.29, 1.82) is 0 Å². The van der Waals surface area contributed by atoms with Gasteiger partial charge in [0, 0.05) is 6.54 Å². The molecule has 0 spiro atoms. The third-order valence-corrected chi connectivity index (χ3v) is 2.62. The molecule has 1 N–H and O–H groups in total. The molecule has 0 aliphatic rings. The molecule has 0 bridgehead atoms.